The summed E-state index contributed by atoms with van der Waals surface area (Å²) in [7, 11) is 0. The molecule has 0 aromatic heterocycles. The molecule has 0 radical (unpaired) electrons. The van der Waals surface area contributed by atoms with Gasteiger partial charge in [0.1, 0.15) is 5.75 Å². The molecule has 0 amide bonds. The number of ether oxygens (including phenoxy) is 1. The zero-order valence-electron chi connectivity index (χ0n) is 16.0. The lowest BCUT2D eigenvalue weighted by atomic mass is 9.77. The highest BCUT2D eigenvalue weighted by Crippen LogP contribution is 2.38. The Hall–Kier alpha value is -1.71. The van der Waals surface area contributed by atoms with Crippen LogP contribution in [0.2, 0.25) is 0 Å². The highest BCUT2D eigenvalue weighted by atomic mass is 19.4. The summed E-state index contributed by atoms with van der Waals surface area (Å²) in [4.78, 5) is 0. The highest BCUT2D eigenvalue weighted by Gasteiger charge is 2.28. The molecule has 2 aromatic carbocycles. The minimum atomic E-state index is -4.31. The Balaban J connectivity index is 1.60. The van der Waals surface area contributed by atoms with E-state index in [0.29, 0.717) is 5.92 Å². The van der Waals surface area contributed by atoms with E-state index in [2.05, 4.69) is 19.1 Å². The van der Waals surface area contributed by atoms with Crippen molar-refractivity contribution in [3.05, 3.63) is 42.0 Å². The lowest BCUT2D eigenvalue weighted by Crippen LogP contribution is -2.19. The molecule has 0 N–H and O–H groups in total. The zero-order chi connectivity index (χ0) is 19.3. The minimum Gasteiger partial charge on any atom is -0.484 e. The number of halogens is 3. The molecule has 1 aliphatic rings. The molecule has 1 nitrogen and oxygen atoms in total. The first kappa shape index (κ1) is 20.0. The third-order valence-electron chi connectivity index (χ3n) is 5.77. The van der Waals surface area contributed by atoms with Gasteiger partial charge in [-0.25, -0.2) is 0 Å². The SMILES string of the molecule is CCCCCC1CCC(c2ccc3cc(OCC(F)(F)F)ccc3c2)CC1. The Kier molecular flexibility index (Phi) is 6.67. The molecule has 1 saturated carbocycles. The standard InChI is InChI=1S/C23H29F3O/c1-2-3-4-5-17-6-8-18(9-7-17)19-10-11-21-15-22(13-12-20(21)14-19)27-16-23(24,25)26/h10-15,17-18H,2-9,16H2,1H3. The maximum Gasteiger partial charge on any atom is 0.422 e. The first-order valence-corrected chi connectivity index (χ1v) is 10.2. The van der Waals surface area contributed by atoms with Gasteiger partial charge in [0.05, 0.1) is 0 Å². The van der Waals surface area contributed by atoms with Crippen molar-refractivity contribution in [3.63, 3.8) is 0 Å². The van der Waals surface area contributed by atoms with Crippen LogP contribution < -0.4 is 4.74 Å². The van der Waals surface area contributed by atoms with Crippen LogP contribution in [0.4, 0.5) is 13.2 Å². The van der Waals surface area contributed by atoms with Crippen LogP contribution in [0.25, 0.3) is 10.8 Å². The monoisotopic (exact) mass is 378 g/mol. The first-order valence-electron chi connectivity index (χ1n) is 10.2. The van der Waals surface area contributed by atoms with E-state index in [-0.39, 0.29) is 5.75 Å². The molecular weight excluding hydrogens is 349 g/mol. The third-order valence-corrected chi connectivity index (χ3v) is 5.77. The second kappa shape index (κ2) is 8.99. The Labute approximate surface area is 159 Å². The van der Waals surface area contributed by atoms with Crippen LogP contribution in [-0.4, -0.2) is 12.8 Å². The Morgan fingerprint density at radius 1 is 0.926 bits per heavy atom. The van der Waals surface area contributed by atoms with Crippen molar-refractivity contribution in [2.45, 2.75) is 70.4 Å². The van der Waals surface area contributed by atoms with Crippen molar-refractivity contribution >= 4 is 10.8 Å². The molecule has 0 spiro atoms. The Morgan fingerprint density at radius 3 is 2.33 bits per heavy atom. The number of benzene rings is 2. The molecule has 0 unspecified atom stereocenters. The summed E-state index contributed by atoms with van der Waals surface area (Å²) in [6.45, 7) is 1.00. The van der Waals surface area contributed by atoms with E-state index in [0.717, 1.165) is 16.7 Å². The average Bonchev–Trinajstić information content (AvgIpc) is 2.66. The zero-order valence-corrected chi connectivity index (χ0v) is 16.0. The van der Waals surface area contributed by atoms with Crippen LogP contribution in [0.5, 0.6) is 5.75 Å². The van der Waals surface area contributed by atoms with E-state index in [1.165, 1.54) is 56.9 Å². The summed E-state index contributed by atoms with van der Waals surface area (Å²) in [5.74, 6) is 1.76. The van der Waals surface area contributed by atoms with Crippen molar-refractivity contribution < 1.29 is 17.9 Å². The number of rotatable bonds is 7. The minimum absolute atomic E-state index is 0.264. The normalized spacial score (nSPS) is 20.7. The molecule has 148 valence electrons. The molecule has 1 aliphatic carbocycles. The third kappa shape index (κ3) is 5.88. The van der Waals surface area contributed by atoms with Crippen LogP contribution >= 0.6 is 0 Å². The summed E-state index contributed by atoms with van der Waals surface area (Å²) in [5, 5.41) is 1.99. The van der Waals surface area contributed by atoms with Crippen molar-refractivity contribution in [1.29, 1.82) is 0 Å². The number of hydrogen-bond donors (Lipinski definition) is 0. The van der Waals surface area contributed by atoms with Gasteiger partial charge in [-0.15, -0.1) is 0 Å². The van der Waals surface area contributed by atoms with Gasteiger partial charge in [0.2, 0.25) is 0 Å². The molecule has 0 heterocycles. The maximum atomic E-state index is 12.3. The van der Waals surface area contributed by atoms with Crippen molar-refractivity contribution in [3.8, 4) is 5.75 Å². The van der Waals surface area contributed by atoms with Gasteiger partial charge in [0, 0.05) is 0 Å². The Morgan fingerprint density at radius 2 is 1.63 bits per heavy atom. The predicted molar refractivity (Wildman–Crippen MR) is 104 cm³/mol. The summed E-state index contributed by atoms with van der Waals surface area (Å²) >= 11 is 0. The fourth-order valence-electron chi connectivity index (χ4n) is 4.22. The summed E-state index contributed by atoms with van der Waals surface area (Å²) < 4.78 is 41.8. The van der Waals surface area contributed by atoms with Crippen LogP contribution in [0, 0.1) is 5.92 Å². The van der Waals surface area contributed by atoms with Gasteiger partial charge in [-0.1, -0.05) is 56.9 Å². The van der Waals surface area contributed by atoms with E-state index in [9.17, 15) is 13.2 Å². The average molecular weight is 378 g/mol. The Bertz CT molecular complexity index is 730. The first-order chi connectivity index (χ1) is 12.9. The molecule has 1 fully saturated rings. The number of hydrogen-bond acceptors (Lipinski definition) is 1. The fraction of sp³-hybridized carbons (Fsp3) is 0.565. The van der Waals surface area contributed by atoms with E-state index < -0.39 is 12.8 Å². The topological polar surface area (TPSA) is 9.23 Å². The lowest BCUT2D eigenvalue weighted by Gasteiger charge is -2.29. The molecule has 0 bridgehead atoms. The van der Waals surface area contributed by atoms with Gasteiger partial charge in [0.25, 0.3) is 0 Å². The van der Waals surface area contributed by atoms with Crippen LogP contribution in [-0.2, 0) is 0 Å². The van der Waals surface area contributed by atoms with Gasteiger partial charge in [0.15, 0.2) is 6.61 Å². The van der Waals surface area contributed by atoms with Gasteiger partial charge in [-0.3, -0.25) is 0 Å². The van der Waals surface area contributed by atoms with Gasteiger partial charge in [-0.2, -0.15) is 13.2 Å². The van der Waals surface area contributed by atoms with Crippen molar-refractivity contribution in [1.82, 2.24) is 0 Å². The van der Waals surface area contributed by atoms with Gasteiger partial charge >= 0.3 is 6.18 Å². The second-order valence-electron chi connectivity index (χ2n) is 7.89. The molecule has 3 rings (SSSR count). The molecule has 0 atom stereocenters. The molecule has 0 saturated heterocycles. The molecule has 27 heavy (non-hydrogen) atoms. The van der Waals surface area contributed by atoms with E-state index >= 15 is 0 Å². The van der Waals surface area contributed by atoms with Crippen LogP contribution in [0.1, 0.15) is 69.8 Å². The number of alkyl halides is 3. The summed E-state index contributed by atoms with van der Waals surface area (Å²) in [6.07, 6.45) is 6.18. The molecule has 4 heteroatoms. The second-order valence-corrected chi connectivity index (χ2v) is 7.89. The van der Waals surface area contributed by atoms with Crippen molar-refractivity contribution in [2.75, 3.05) is 6.61 Å². The molecule has 2 aromatic rings. The van der Waals surface area contributed by atoms with E-state index in [4.69, 9.17) is 4.74 Å². The predicted octanol–water partition coefficient (Wildman–Crippen LogP) is 7.64. The smallest absolute Gasteiger partial charge is 0.422 e. The number of fused-ring (bicyclic) bond motifs is 1. The maximum absolute atomic E-state index is 12.3. The van der Waals surface area contributed by atoms with Gasteiger partial charge < -0.3 is 4.74 Å². The van der Waals surface area contributed by atoms with Crippen molar-refractivity contribution in [2.24, 2.45) is 5.92 Å². The van der Waals surface area contributed by atoms with E-state index in [1.807, 2.05) is 12.1 Å². The largest absolute Gasteiger partial charge is 0.484 e. The summed E-state index contributed by atoms with van der Waals surface area (Å²) in [5.41, 5.74) is 1.36. The van der Waals surface area contributed by atoms with E-state index in [1.54, 1.807) is 12.1 Å². The van der Waals surface area contributed by atoms with Crippen LogP contribution in [0.3, 0.4) is 0 Å². The lowest BCUT2D eigenvalue weighted by molar-refractivity contribution is -0.153. The van der Waals surface area contributed by atoms with Crippen LogP contribution in [0.15, 0.2) is 36.4 Å². The number of unbranched alkanes of at least 4 members (excludes halogenated alkanes) is 2. The fourth-order valence-corrected chi connectivity index (χ4v) is 4.22. The van der Waals surface area contributed by atoms with Gasteiger partial charge in [-0.05, 0) is 66.0 Å². The quantitative estimate of drug-likeness (QED) is 0.450. The molecule has 0 aliphatic heterocycles. The molecular formula is C23H29F3O. The summed E-state index contributed by atoms with van der Waals surface area (Å²) in [6, 6.07) is 11.5. The highest BCUT2D eigenvalue weighted by molar-refractivity contribution is 5.84.